The molecule has 0 aromatic heterocycles. The average Bonchev–Trinajstić information content (AvgIpc) is 2.40. The van der Waals surface area contributed by atoms with Crippen molar-refractivity contribution in [1.29, 1.82) is 0 Å². The first-order valence-corrected chi connectivity index (χ1v) is 9.04. The van der Waals surface area contributed by atoms with Gasteiger partial charge in [-0.3, -0.25) is 0 Å². The number of benzene rings is 1. The van der Waals surface area contributed by atoms with Crippen molar-refractivity contribution < 1.29 is 8.78 Å². The highest BCUT2D eigenvalue weighted by Crippen LogP contribution is 2.62. The van der Waals surface area contributed by atoms with Crippen molar-refractivity contribution in [2.45, 2.75) is 49.8 Å². The van der Waals surface area contributed by atoms with Crippen LogP contribution in [0.15, 0.2) is 18.2 Å². The van der Waals surface area contributed by atoms with E-state index < -0.39 is 11.6 Å². The standard InChI is InChI=1S/C18H21BrF2/c19-17(6-14-1-2-15(20)7-16(14)21)18-8-11-3-12(9-18)5-13(4-11)10-18/h1-2,7,11-13,17H,3-6,8-10H2. The molecule has 0 spiro atoms. The summed E-state index contributed by atoms with van der Waals surface area (Å²) in [5.74, 6) is 1.81. The molecular formula is C18H21BrF2. The van der Waals surface area contributed by atoms with Gasteiger partial charge in [0.15, 0.2) is 0 Å². The van der Waals surface area contributed by atoms with Gasteiger partial charge in [0.1, 0.15) is 11.6 Å². The van der Waals surface area contributed by atoms with Gasteiger partial charge in [0.25, 0.3) is 0 Å². The number of hydrogen-bond donors (Lipinski definition) is 0. The molecule has 0 radical (unpaired) electrons. The molecule has 3 heteroatoms. The van der Waals surface area contributed by atoms with Crippen LogP contribution in [0.3, 0.4) is 0 Å². The zero-order valence-corrected chi connectivity index (χ0v) is 13.7. The van der Waals surface area contributed by atoms with E-state index in [0.717, 1.165) is 23.8 Å². The highest BCUT2D eigenvalue weighted by molar-refractivity contribution is 9.09. The normalized spacial score (nSPS) is 38.7. The summed E-state index contributed by atoms with van der Waals surface area (Å²) in [4.78, 5) is 0.318. The van der Waals surface area contributed by atoms with Crippen LogP contribution < -0.4 is 0 Å². The molecule has 0 aliphatic heterocycles. The van der Waals surface area contributed by atoms with Gasteiger partial charge in [0, 0.05) is 10.9 Å². The van der Waals surface area contributed by atoms with Gasteiger partial charge in [-0.2, -0.15) is 0 Å². The molecule has 4 bridgehead atoms. The van der Waals surface area contributed by atoms with Gasteiger partial charge in [-0.05, 0) is 79.7 Å². The van der Waals surface area contributed by atoms with E-state index in [4.69, 9.17) is 0 Å². The quantitative estimate of drug-likeness (QED) is 0.629. The number of hydrogen-bond acceptors (Lipinski definition) is 0. The van der Waals surface area contributed by atoms with Gasteiger partial charge in [-0.1, -0.05) is 22.0 Å². The lowest BCUT2D eigenvalue weighted by Gasteiger charge is -2.58. The average molecular weight is 355 g/mol. The topological polar surface area (TPSA) is 0 Å². The van der Waals surface area contributed by atoms with Crippen molar-refractivity contribution in [3.05, 3.63) is 35.4 Å². The second kappa shape index (κ2) is 5.04. The summed E-state index contributed by atoms with van der Waals surface area (Å²) in [6.45, 7) is 0. The fraction of sp³-hybridized carbons (Fsp3) is 0.667. The number of rotatable bonds is 3. The Balaban J connectivity index is 1.56. The molecule has 5 rings (SSSR count). The van der Waals surface area contributed by atoms with Gasteiger partial charge >= 0.3 is 0 Å². The van der Waals surface area contributed by atoms with E-state index >= 15 is 0 Å². The molecular weight excluding hydrogens is 334 g/mol. The summed E-state index contributed by atoms with van der Waals surface area (Å²) in [7, 11) is 0. The lowest BCUT2D eigenvalue weighted by molar-refractivity contribution is -0.0522. The molecule has 1 atom stereocenters. The number of halogens is 3. The van der Waals surface area contributed by atoms with Crippen molar-refractivity contribution in [2.24, 2.45) is 23.2 Å². The van der Waals surface area contributed by atoms with Gasteiger partial charge in [0.05, 0.1) is 0 Å². The summed E-state index contributed by atoms with van der Waals surface area (Å²) >= 11 is 3.90. The van der Waals surface area contributed by atoms with Crippen molar-refractivity contribution in [2.75, 3.05) is 0 Å². The smallest absolute Gasteiger partial charge is 0.129 e. The predicted molar refractivity (Wildman–Crippen MR) is 83.4 cm³/mol. The second-order valence-corrected chi connectivity index (χ2v) is 8.79. The van der Waals surface area contributed by atoms with Crippen LogP contribution in [0.4, 0.5) is 8.78 Å². The maximum atomic E-state index is 13.9. The third-order valence-electron chi connectivity index (χ3n) is 6.16. The molecule has 0 saturated heterocycles. The molecule has 4 saturated carbocycles. The Hall–Kier alpha value is -0.440. The molecule has 1 aromatic carbocycles. The van der Waals surface area contributed by atoms with Crippen LogP contribution in [0.5, 0.6) is 0 Å². The van der Waals surface area contributed by atoms with E-state index in [0.29, 0.717) is 22.2 Å². The molecule has 4 aliphatic rings. The van der Waals surface area contributed by atoms with Crippen LogP contribution in [0, 0.1) is 34.8 Å². The van der Waals surface area contributed by atoms with Crippen molar-refractivity contribution >= 4 is 15.9 Å². The van der Waals surface area contributed by atoms with Crippen LogP contribution in [-0.4, -0.2) is 4.83 Å². The molecule has 114 valence electrons. The minimum Gasteiger partial charge on any atom is -0.207 e. The summed E-state index contributed by atoms with van der Waals surface area (Å²) in [5.41, 5.74) is 1.00. The van der Waals surface area contributed by atoms with Crippen LogP contribution >= 0.6 is 15.9 Å². The zero-order chi connectivity index (χ0) is 14.6. The van der Waals surface area contributed by atoms with E-state index in [-0.39, 0.29) is 0 Å². The molecule has 1 unspecified atom stereocenters. The Labute approximate surface area is 133 Å². The van der Waals surface area contributed by atoms with Crippen LogP contribution in [0.25, 0.3) is 0 Å². The van der Waals surface area contributed by atoms with Gasteiger partial charge in [-0.15, -0.1) is 0 Å². The van der Waals surface area contributed by atoms with Crippen molar-refractivity contribution in [3.63, 3.8) is 0 Å². The fourth-order valence-corrected chi connectivity index (χ4v) is 6.57. The molecule has 1 aromatic rings. The van der Waals surface area contributed by atoms with Crippen LogP contribution in [-0.2, 0) is 6.42 Å². The van der Waals surface area contributed by atoms with Crippen LogP contribution in [0.1, 0.15) is 44.1 Å². The van der Waals surface area contributed by atoms with E-state index in [1.54, 1.807) is 6.07 Å². The minimum absolute atomic E-state index is 0.318. The van der Waals surface area contributed by atoms with Crippen LogP contribution in [0.2, 0.25) is 0 Å². The van der Waals surface area contributed by atoms with Gasteiger partial charge in [-0.25, -0.2) is 8.78 Å². The molecule has 0 heterocycles. The van der Waals surface area contributed by atoms with Gasteiger partial charge in [0.2, 0.25) is 0 Å². The molecule has 4 fully saturated rings. The lowest BCUT2D eigenvalue weighted by atomic mass is 9.48. The first kappa shape index (κ1) is 14.2. The predicted octanol–water partition coefficient (Wildman–Crippen LogP) is 5.49. The van der Waals surface area contributed by atoms with Crippen molar-refractivity contribution in [3.8, 4) is 0 Å². The summed E-state index contributed by atoms with van der Waals surface area (Å²) in [6, 6.07) is 3.99. The monoisotopic (exact) mass is 354 g/mol. The Morgan fingerprint density at radius 2 is 1.62 bits per heavy atom. The third kappa shape index (κ3) is 2.46. The fourth-order valence-electron chi connectivity index (χ4n) is 5.66. The minimum atomic E-state index is -0.489. The zero-order valence-electron chi connectivity index (χ0n) is 12.1. The molecule has 0 N–H and O–H groups in total. The van der Waals surface area contributed by atoms with E-state index in [9.17, 15) is 8.78 Å². The Kier molecular flexibility index (Phi) is 3.40. The Morgan fingerprint density at radius 3 is 2.14 bits per heavy atom. The highest BCUT2D eigenvalue weighted by atomic mass is 79.9. The first-order chi connectivity index (χ1) is 10.0. The Morgan fingerprint density at radius 1 is 1.05 bits per heavy atom. The number of alkyl halides is 1. The molecule has 21 heavy (non-hydrogen) atoms. The molecule has 4 aliphatic carbocycles. The Bertz CT molecular complexity index is 519. The summed E-state index contributed by atoms with van der Waals surface area (Å²) < 4.78 is 27.0. The maximum Gasteiger partial charge on any atom is 0.129 e. The van der Waals surface area contributed by atoms with Crippen molar-refractivity contribution in [1.82, 2.24) is 0 Å². The SMILES string of the molecule is Fc1ccc(CC(Br)C23CC4CC(CC(C4)C2)C3)c(F)c1. The van der Waals surface area contributed by atoms with E-state index in [1.165, 1.54) is 44.6 Å². The highest BCUT2D eigenvalue weighted by Gasteiger charge is 2.53. The molecule has 0 amide bonds. The molecule has 0 nitrogen and oxygen atoms in total. The lowest BCUT2D eigenvalue weighted by Crippen LogP contribution is -2.50. The largest absolute Gasteiger partial charge is 0.207 e. The van der Waals surface area contributed by atoms with E-state index in [2.05, 4.69) is 15.9 Å². The van der Waals surface area contributed by atoms with Gasteiger partial charge < -0.3 is 0 Å². The summed E-state index contributed by atoms with van der Waals surface area (Å²) in [6.07, 6.45) is 8.85. The second-order valence-electron chi connectivity index (χ2n) is 7.69. The maximum absolute atomic E-state index is 13.9. The van der Waals surface area contributed by atoms with E-state index in [1.807, 2.05) is 0 Å². The third-order valence-corrected chi connectivity index (χ3v) is 7.46. The summed E-state index contributed by atoms with van der Waals surface area (Å²) in [5, 5.41) is 0. The first-order valence-electron chi connectivity index (χ1n) is 8.12.